The lowest BCUT2D eigenvalue weighted by molar-refractivity contribution is 0.147. The topological polar surface area (TPSA) is 212 Å². The third-order valence-corrected chi connectivity index (χ3v) is 8.64. The second-order valence-electron chi connectivity index (χ2n) is 9.79. The first kappa shape index (κ1) is 31.1. The number of urea groups is 1. The van der Waals surface area contributed by atoms with Crippen molar-refractivity contribution in [3.8, 4) is 0 Å². The van der Waals surface area contributed by atoms with Gasteiger partial charge in [-0.2, -0.15) is 0 Å². The van der Waals surface area contributed by atoms with E-state index in [-0.39, 0.29) is 22.8 Å². The fourth-order valence-electron chi connectivity index (χ4n) is 4.58. The Morgan fingerprint density at radius 2 is 1.50 bits per heavy atom. The highest BCUT2D eigenvalue weighted by molar-refractivity contribution is 7.89. The zero-order valence-electron chi connectivity index (χ0n) is 22.7. The summed E-state index contributed by atoms with van der Waals surface area (Å²) in [6.07, 6.45) is 0.155. The average molecular weight is 616 g/mol. The molecule has 8 N–H and O–H groups in total. The number of nitrogens with one attached hydrogen (secondary N) is 3. The highest BCUT2D eigenvalue weighted by Crippen LogP contribution is 2.24. The van der Waals surface area contributed by atoms with Gasteiger partial charge < -0.3 is 20.6 Å². The van der Waals surface area contributed by atoms with Crippen molar-refractivity contribution in [2.45, 2.75) is 16.2 Å². The second kappa shape index (κ2) is 13.0. The van der Waals surface area contributed by atoms with Crippen LogP contribution in [0.5, 0.6) is 0 Å². The molecule has 13 nitrogen and oxygen atoms in total. The monoisotopic (exact) mass is 615 g/mol. The Morgan fingerprint density at radius 1 is 0.857 bits per heavy atom. The summed E-state index contributed by atoms with van der Waals surface area (Å²) in [7, 11) is -7.91. The molecule has 0 unspecified atom stereocenters. The van der Waals surface area contributed by atoms with Crippen molar-refractivity contribution in [1.29, 1.82) is 5.41 Å². The summed E-state index contributed by atoms with van der Waals surface area (Å²) in [5, 5.41) is 33.7. The fraction of sp³-hybridized carbons (Fsp3) is 0.259. The van der Waals surface area contributed by atoms with Crippen molar-refractivity contribution in [3.63, 3.8) is 0 Å². The summed E-state index contributed by atoms with van der Waals surface area (Å²) in [4.78, 5) is 16.8. The van der Waals surface area contributed by atoms with Crippen molar-refractivity contribution >= 4 is 43.3 Å². The Kier molecular flexibility index (Phi) is 9.60. The van der Waals surface area contributed by atoms with E-state index in [2.05, 4.69) is 15.5 Å². The first-order chi connectivity index (χ1) is 19.8. The minimum atomic E-state index is -4.03. The summed E-state index contributed by atoms with van der Waals surface area (Å²) in [6.45, 7) is 3.49. The molecule has 0 saturated carbocycles. The van der Waals surface area contributed by atoms with Gasteiger partial charge in [-0.05, 0) is 60.0 Å². The van der Waals surface area contributed by atoms with Gasteiger partial charge in [0.15, 0.2) is 0 Å². The fourth-order valence-corrected chi connectivity index (χ4v) is 5.66. The van der Waals surface area contributed by atoms with Crippen molar-refractivity contribution in [1.82, 2.24) is 9.80 Å². The number of β-amino-alcohol motifs (C(OH)–C–C–N with tert-alkyl or cyclic N) is 1. The number of piperazine rings is 1. The molecule has 224 valence electrons. The molecule has 0 radical (unpaired) electrons. The quantitative estimate of drug-likeness (QED) is 0.151. The Hall–Kier alpha value is -3.86. The largest absolute Gasteiger partial charge is 0.395 e. The standard InChI is InChI=1S/C27H33N7O6S2/c28-26(34-12-10-33(11-13-34)14-15-35)20-2-1-3-22(17-20)31-27(36)32-25-9-8-24(42(30,39)40)18-21(25)16-19-4-6-23(7-5-19)41(29,37)38/h1-9,17-18,28,35H,10-16H2,(H2,29,37,38)(H2,30,39,40)(H2,31,32,36). The summed E-state index contributed by atoms with van der Waals surface area (Å²) in [6, 6.07) is 16.1. The van der Waals surface area contributed by atoms with E-state index in [0.717, 1.165) is 13.1 Å². The zero-order valence-corrected chi connectivity index (χ0v) is 24.3. The summed E-state index contributed by atoms with van der Waals surface area (Å²) in [5.41, 5.74) is 2.47. The third-order valence-electron chi connectivity index (χ3n) is 6.80. The zero-order chi connectivity index (χ0) is 30.5. The number of carbonyl (C=O) groups excluding carboxylic acids is 1. The van der Waals surface area contributed by atoms with Gasteiger partial charge in [0, 0.05) is 49.7 Å². The Morgan fingerprint density at radius 3 is 2.12 bits per heavy atom. The van der Waals surface area contributed by atoms with Crippen LogP contribution >= 0.6 is 0 Å². The number of rotatable bonds is 9. The number of sulfonamides is 2. The molecule has 1 aliphatic rings. The molecular formula is C27H33N7O6S2. The van der Waals surface area contributed by atoms with E-state index in [4.69, 9.17) is 20.8 Å². The molecule has 15 heteroatoms. The van der Waals surface area contributed by atoms with E-state index in [9.17, 15) is 21.6 Å². The minimum absolute atomic E-state index is 0.0680. The van der Waals surface area contributed by atoms with Gasteiger partial charge in [-0.25, -0.2) is 31.9 Å². The van der Waals surface area contributed by atoms with Gasteiger partial charge in [0.25, 0.3) is 0 Å². The van der Waals surface area contributed by atoms with Crippen LogP contribution < -0.4 is 20.9 Å². The maximum atomic E-state index is 13.0. The van der Waals surface area contributed by atoms with Crippen LogP contribution in [0.3, 0.4) is 0 Å². The number of anilines is 2. The van der Waals surface area contributed by atoms with Crippen LogP contribution in [0.2, 0.25) is 0 Å². The van der Waals surface area contributed by atoms with Crippen LogP contribution in [-0.2, 0) is 26.5 Å². The van der Waals surface area contributed by atoms with Crippen LogP contribution in [0.1, 0.15) is 16.7 Å². The van der Waals surface area contributed by atoms with Crippen molar-refractivity contribution in [2.75, 3.05) is 50.0 Å². The molecule has 0 bridgehead atoms. The van der Waals surface area contributed by atoms with Gasteiger partial charge in [-0.3, -0.25) is 10.3 Å². The van der Waals surface area contributed by atoms with Gasteiger partial charge in [-0.1, -0.05) is 24.3 Å². The maximum absolute atomic E-state index is 13.0. The molecule has 1 heterocycles. The van der Waals surface area contributed by atoms with Gasteiger partial charge in [0.2, 0.25) is 20.0 Å². The molecule has 1 aliphatic heterocycles. The molecule has 4 rings (SSSR count). The van der Waals surface area contributed by atoms with E-state index in [1.165, 1.54) is 30.3 Å². The lowest BCUT2D eigenvalue weighted by Gasteiger charge is -2.35. The normalized spacial score (nSPS) is 14.4. The number of nitrogens with zero attached hydrogens (tertiary/aromatic N) is 2. The molecule has 42 heavy (non-hydrogen) atoms. The van der Waals surface area contributed by atoms with Crippen LogP contribution in [0.15, 0.2) is 76.5 Å². The van der Waals surface area contributed by atoms with Crippen molar-refractivity contribution < 1.29 is 26.7 Å². The number of aliphatic hydroxyl groups is 1. The molecule has 0 aliphatic carbocycles. The summed E-state index contributed by atoms with van der Waals surface area (Å²) >= 11 is 0. The third kappa shape index (κ3) is 8.12. The number of aliphatic hydroxyl groups excluding tert-OH is 1. The number of hydrogen-bond donors (Lipinski definition) is 6. The number of carbonyl (C=O) groups is 1. The van der Waals surface area contributed by atoms with Crippen LogP contribution in [0.4, 0.5) is 16.2 Å². The second-order valence-corrected chi connectivity index (χ2v) is 12.9. The number of amides is 2. The highest BCUT2D eigenvalue weighted by Gasteiger charge is 2.20. The van der Waals surface area contributed by atoms with E-state index >= 15 is 0 Å². The number of amidine groups is 1. The first-order valence-electron chi connectivity index (χ1n) is 13.0. The number of primary sulfonamides is 2. The number of nitrogens with two attached hydrogens (primary N) is 2. The lowest BCUT2D eigenvalue weighted by Crippen LogP contribution is -2.49. The Bertz CT molecular complexity index is 1670. The lowest BCUT2D eigenvalue weighted by atomic mass is 10.0. The van der Waals surface area contributed by atoms with Gasteiger partial charge in [0.1, 0.15) is 5.84 Å². The number of hydrogen-bond acceptors (Lipinski definition) is 8. The van der Waals surface area contributed by atoms with Gasteiger partial charge >= 0.3 is 6.03 Å². The van der Waals surface area contributed by atoms with Gasteiger partial charge in [0.05, 0.1) is 16.4 Å². The van der Waals surface area contributed by atoms with Crippen LogP contribution in [0.25, 0.3) is 0 Å². The molecule has 2 amide bonds. The molecule has 0 atom stereocenters. The highest BCUT2D eigenvalue weighted by atomic mass is 32.2. The first-order valence-corrected chi connectivity index (χ1v) is 16.1. The molecule has 0 aromatic heterocycles. The SMILES string of the molecule is N=C(c1cccc(NC(=O)Nc2ccc(S(N)(=O)=O)cc2Cc2ccc(S(N)(=O)=O)cc2)c1)N1CCN(CCO)CC1. The van der Waals surface area contributed by atoms with E-state index in [0.29, 0.717) is 53.5 Å². The number of benzene rings is 3. The van der Waals surface area contributed by atoms with E-state index < -0.39 is 26.1 Å². The van der Waals surface area contributed by atoms with Crippen LogP contribution in [-0.4, -0.2) is 82.9 Å². The maximum Gasteiger partial charge on any atom is 0.323 e. The summed E-state index contributed by atoms with van der Waals surface area (Å²) in [5.74, 6) is 0.331. The van der Waals surface area contributed by atoms with Crippen molar-refractivity contribution in [3.05, 3.63) is 83.4 Å². The predicted molar refractivity (Wildman–Crippen MR) is 159 cm³/mol. The van der Waals surface area contributed by atoms with Crippen LogP contribution in [0, 0.1) is 5.41 Å². The smallest absolute Gasteiger partial charge is 0.323 e. The predicted octanol–water partition coefficient (Wildman–Crippen LogP) is 1.15. The van der Waals surface area contributed by atoms with E-state index in [1.807, 2.05) is 4.90 Å². The molecule has 0 spiro atoms. The summed E-state index contributed by atoms with van der Waals surface area (Å²) < 4.78 is 47.1. The molecule has 3 aromatic rings. The minimum Gasteiger partial charge on any atom is -0.395 e. The van der Waals surface area contributed by atoms with Crippen molar-refractivity contribution in [2.24, 2.45) is 10.3 Å². The van der Waals surface area contributed by atoms with E-state index in [1.54, 1.807) is 36.4 Å². The molecule has 1 fully saturated rings. The van der Waals surface area contributed by atoms with Gasteiger partial charge in [-0.15, -0.1) is 0 Å². The molecule has 3 aromatic carbocycles. The Balaban J connectivity index is 1.48. The molecular weight excluding hydrogens is 582 g/mol. The Labute approximate surface area is 244 Å². The average Bonchev–Trinajstić information content (AvgIpc) is 2.93. The molecule has 1 saturated heterocycles.